The van der Waals surface area contributed by atoms with E-state index in [0.717, 1.165) is 25.7 Å². The summed E-state index contributed by atoms with van der Waals surface area (Å²) < 4.78 is 0. The van der Waals surface area contributed by atoms with Gasteiger partial charge < -0.3 is 5.11 Å². The molecule has 15 heavy (non-hydrogen) atoms. The predicted molar refractivity (Wildman–Crippen MR) is 64.8 cm³/mol. The second-order valence-electron chi connectivity index (χ2n) is 4.17. The molecule has 0 saturated heterocycles. The maximum atomic E-state index is 9.80. The van der Waals surface area contributed by atoms with Crippen LogP contribution in [0.2, 0.25) is 0 Å². The van der Waals surface area contributed by atoms with Crippen molar-refractivity contribution in [2.24, 2.45) is 5.92 Å². The molecule has 1 rings (SSSR count). The number of rotatable bonds is 6. The Kier molecular flexibility index (Phi) is 5.41. The van der Waals surface area contributed by atoms with E-state index in [1.165, 1.54) is 5.56 Å². The zero-order valence-corrected chi connectivity index (χ0v) is 9.82. The van der Waals surface area contributed by atoms with Gasteiger partial charge in [-0.2, -0.15) is 0 Å². The van der Waals surface area contributed by atoms with Crippen molar-refractivity contribution in [2.45, 2.75) is 45.6 Å². The summed E-state index contributed by atoms with van der Waals surface area (Å²) in [5, 5.41) is 9.80. The minimum absolute atomic E-state index is 0.126. The van der Waals surface area contributed by atoms with Gasteiger partial charge in [0, 0.05) is 0 Å². The van der Waals surface area contributed by atoms with Crippen LogP contribution in [0.25, 0.3) is 0 Å². The Morgan fingerprint density at radius 2 is 1.73 bits per heavy atom. The Bertz CT molecular complexity index is 255. The van der Waals surface area contributed by atoms with Gasteiger partial charge in [-0.25, -0.2) is 0 Å². The summed E-state index contributed by atoms with van der Waals surface area (Å²) in [5.41, 5.74) is 1.37. The van der Waals surface area contributed by atoms with Crippen molar-refractivity contribution in [3.63, 3.8) is 0 Å². The Morgan fingerprint density at radius 1 is 1.07 bits per heavy atom. The van der Waals surface area contributed by atoms with Crippen molar-refractivity contribution in [3.05, 3.63) is 35.9 Å². The summed E-state index contributed by atoms with van der Waals surface area (Å²) in [6, 6.07) is 10.5. The summed E-state index contributed by atoms with van der Waals surface area (Å²) in [6.07, 6.45) is 3.99. The molecule has 1 N–H and O–H groups in total. The van der Waals surface area contributed by atoms with Gasteiger partial charge in [-0.1, -0.05) is 50.6 Å². The first-order valence-electron chi connectivity index (χ1n) is 5.99. The molecule has 0 amide bonds. The van der Waals surface area contributed by atoms with Gasteiger partial charge in [-0.05, 0) is 30.7 Å². The van der Waals surface area contributed by atoms with Crippen molar-refractivity contribution in [1.82, 2.24) is 0 Å². The highest BCUT2D eigenvalue weighted by Gasteiger charge is 2.14. The molecule has 0 aliphatic carbocycles. The average Bonchev–Trinajstić information content (AvgIpc) is 2.31. The van der Waals surface area contributed by atoms with Gasteiger partial charge in [0.15, 0.2) is 0 Å². The highest BCUT2D eigenvalue weighted by atomic mass is 16.3. The highest BCUT2D eigenvalue weighted by Crippen LogP contribution is 2.18. The van der Waals surface area contributed by atoms with Crippen molar-refractivity contribution in [1.29, 1.82) is 0 Å². The fourth-order valence-corrected chi connectivity index (χ4v) is 2.00. The van der Waals surface area contributed by atoms with Gasteiger partial charge in [0.25, 0.3) is 0 Å². The zero-order valence-electron chi connectivity index (χ0n) is 9.82. The molecule has 0 aromatic heterocycles. The molecule has 1 aromatic carbocycles. The standard InChI is InChI=1S/C14H22O/c1-3-13(14(15)4-2)11-10-12-8-6-5-7-9-12/h5-9,13-15H,3-4,10-11H2,1-2H3. The number of benzene rings is 1. The molecule has 0 bridgehead atoms. The van der Waals surface area contributed by atoms with Crippen molar-refractivity contribution < 1.29 is 5.11 Å². The Balaban J connectivity index is 2.41. The molecule has 1 nitrogen and oxygen atoms in total. The quantitative estimate of drug-likeness (QED) is 0.756. The van der Waals surface area contributed by atoms with Crippen LogP contribution in [0.5, 0.6) is 0 Å². The third-order valence-electron chi connectivity index (χ3n) is 3.13. The summed E-state index contributed by atoms with van der Waals surface area (Å²) in [6.45, 7) is 4.21. The molecule has 1 aromatic rings. The van der Waals surface area contributed by atoms with Crippen LogP contribution in [0.15, 0.2) is 30.3 Å². The molecule has 0 aliphatic rings. The van der Waals surface area contributed by atoms with Crippen LogP contribution in [-0.4, -0.2) is 11.2 Å². The van der Waals surface area contributed by atoms with E-state index in [1.807, 2.05) is 6.07 Å². The summed E-state index contributed by atoms with van der Waals surface area (Å²) in [7, 11) is 0. The molecule has 84 valence electrons. The number of aryl methyl sites for hydroxylation is 1. The van der Waals surface area contributed by atoms with Crippen LogP contribution in [0, 0.1) is 5.92 Å². The molecular weight excluding hydrogens is 184 g/mol. The van der Waals surface area contributed by atoms with Gasteiger partial charge in [0.2, 0.25) is 0 Å². The van der Waals surface area contributed by atoms with E-state index in [0.29, 0.717) is 5.92 Å². The molecule has 0 aliphatic heterocycles. The lowest BCUT2D eigenvalue weighted by atomic mass is 9.91. The lowest BCUT2D eigenvalue weighted by Gasteiger charge is -2.20. The number of aliphatic hydroxyl groups excluding tert-OH is 1. The molecule has 0 spiro atoms. The molecule has 1 heteroatoms. The van der Waals surface area contributed by atoms with Gasteiger partial charge in [-0.15, -0.1) is 0 Å². The van der Waals surface area contributed by atoms with Gasteiger partial charge in [0.05, 0.1) is 6.10 Å². The monoisotopic (exact) mass is 206 g/mol. The largest absolute Gasteiger partial charge is 0.393 e. The van der Waals surface area contributed by atoms with Crippen LogP contribution in [0.4, 0.5) is 0 Å². The van der Waals surface area contributed by atoms with Crippen LogP contribution in [-0.2, 0) is 6.42 Å². The molecule has 2 unspecified atom stereocenters. The minimum atomic E-state index is -0.126. The summed E-state index contributed by atoms with van der Waals surface area (Å²) in [4.78, 5) is 0. The van der Waals surface area contributed by atoms with E-state index >= 15 is 0 Å². The second kappa shape index (κ2) is 6.62. The Labute approximate surface area is 93.1 Å². The van der Waals surface area contributed by atoms with E-state index in [2.05, 4.69) is 38.1 Å². The summed E-state index contributed by atoms with van der Waals surface area (Å²) in [5.74, 6) is 0.454. The molecule has 0 fully saturated rings. The maximum absolute atomic E-state index is 9.80. The van der Waals surface area contributed by atoms with Gasteiger partial charge >= 0.3 is 0 Å². The Morgan fingerprint density at radius 3 is 2.27 bits per heavy atom. The van der Waals surface area contributed by atoms with E-state index in [9.17, 15) is 5.11 Å². The number of aliphatic hydroxyl groups is 1. The lowest BCUT2D eigenvalue weighted by molar-refractivity contribution is 0.0964. The predicted octanol–water partition coefficient (Wildman–Crippen LogP) is 3.42. The van der Waals surface area contributed by atoms with Crippen LogP contribution in [0.3, 0.4) is 0 Å². The first kappa shape index (κ1) is 12.3. The second-order valence-corrected chi connectivity index (χ2v) is 4.17. The lowest BCUT2D eigenvalue weighted by Crippen LogP contribution is -2.19. The molecule has 2 atom stereocenters. The van der Waals surface area contributed by atoms with Gasteiger partial charge in [0.1, 0.15) is 0 Å². The van der Waals surface area contributed by atoms with Crippen molar-refractivity contribution in [2.75, 3.05) is 0 Å². The number of hydrogen-bond donors (Lipinski definition) is 1. The number of hydrogen-bond acceptors (Lipinski definition) is 1. The van der Waals surface area contributed by atoms with E-state index in [-0.39, 0.29) is 6.10 Å². The van der Waals surface area contributed by atoms with E-state index < -0.39 is 0 Å². The highest BCUT2D eigenvalue weighted by molar-refractivity contribution is 5.14. The van der Waals surface area contributed by atoms with Crippen molar-refractivity contribution >= 4 is 0 Å². The average molecular weight is 206 g/mol. The van der Waals surface area contributed by atoms with Crippen LogP contribution in [0.1, 0.15) is 38.7 Å². The molecular formula is C14H22O. The topological polar surface area (TPSA) is 20.2 Å². The van der Waals surface area contributed by atoms with E-state index in [1.54, 1.807) is 0 Å². The van der Waals surface area contributed by atoms with Crippen LogP contribution < -0.4 is 0 Å². The van der Waals surface area contributed by atoms with Crippen LogP contribution >= 0.6 is 0 Å². The smallest absolute Gasteiger partial charge is 0.0565 e. The normalized spacial score (nSPS) is 14.9. The summed E-state index contributed by atoms with van der Waals surface area (Å²) >= 11 is 0. The fraction of sp³-hybridized carbons (Fsp3) is 0.571. The first-order chi connectivity index (χ1) is 7.27. The Hall–Kier alpha value is -0.820. The molecule has 0 saturated carbocycles. The van der Waals surface area contributed by atoms with Crippen molar-refractivity contribution in [3.8, 4) is 0 Å². The first-order valence-corrected chi connectivity index (χ1v) is 5.99. The SMILES string of the molecule is CCC(O)C(CC)CCc1ccccc1. The third kappa shape index (κ3) is 4.05. The third-order valence-corrected chi connectivity index (χ3v) is 3.13. The molecule has 0 heterocycles. The maximum Gasteiger partial charge on any atom is 0.0565 e. The fourth-order valence-electron chi connectivity index (χ4n) is 2.00. The minimum Gasteiger partial charge on any atom is -0.393 e. The molecule has 0 radical (unpaired) electrons. The zero-order chi connectivity index (χ0) is 11.1. The van der Waals surface area contributed by atoms with E-state index in [4.69, 9.17) is 0 Å². The van der Waals surface area contributed by atoms with Gasteiger partial charge in [-0.3, -0.25) is 0 Å².